The number of fused-ring (bicyclic) bond motifs is 1. The minimum Gasteiger partial charge on any atom is -0.306 e. The van der Waals surface area contributed by atoms with Gasteiger partial charge in [-0.05, 0) is 57.1 Å². The fraction of sp³-hybridized carbons (Fsp3) is 0.412. The minimum atomic E-state index is 0.232. The topological polar surface area (TPSA) is 33.2 Å². The second-order valence-corrected chi connectivity index (χ2v) is 6.39. The summed E-state index contributed by atoms with van der Waals surface area (Å²) in [7, 11) is 2.14. The van der Waals surface area contributed by atoms with Crippen LogP contribution in [0.5, 0.6) is 0 Å². The summed E-state index contributed by atoms with van der Waals surface area (Å²) in [5.41, 5.74) is 1.60. The third-order valence-electron chi connectivity index (χ3n) is 4.36. The zero-order chi connectivity index (χ0) is 14.8. The number of nitrogens with zero attached hydrogens (tertiary/aromatic N) is 2. The number of aromatic nitrogens is 1. The molecule has 1 saturated heterocycles. The highest BCUT2D eigenvalue weighted by Crippen LogP contribution is 2.27. The van der Waals surface area contributed by atoms with E-state index < -0.39 is 0 Å². The predicted octanol–water partition coefficient (Wildman–Crippen LogP) is 3.44. The molecule has 0 bridgehead atoms. The van der Waals surface area contributed by atoms with E-state index in [9.17, 15) is 4.79 Å². The first-order valence-electron chi connectivity index (χ1n) is 7.43. The first-order chi connectivity index (χ1) is 10.1. The van der Waals surface area contributed by atoms with E-state index in [2.05, 4.69) is 29.6 Å². The second-order valence-electron chi connectivity index (χ2n) is 5.91. The lowest BCUT2D eigenvalue weighted by molar-refractivity contribution is 0.0938. The number of rotatable bonds is 3. The van der Waals surface area contributed by atoms with E-state index in [4.69, 9.17) is 0 Å². The molecule has 1 aliphatic heterocycles. The van der Waals surface area contributed by atoms with Gasteiger partial charge in [-0.2, -0.15) is 0 Å². The molecule has 0 unspecified atom stereocenters. The lowest BCUT2D eigenvalue weighted by Crippen LogP contribution is -2.31. The van der Waals surface area contributed by atoms with Crippen LogP contribution in [-0.2, 0) is 0 Å². The highest BCUT2D eigenvalue weighted by molar-refractivity contribution is 7.80. The molecular weight excluding hydrogens is 280 g/mol. The number of ketones is 1. The van der Waals surface area contributed by atoms with E-state index >= 15 is 0 Å². The van der Waals surface area contributed by atoms with Crippen molar-refractivity contribution >= 4 is 29.3 Å². The number of piperidine rings is 1. The normalized spacial score (nSPS) is 17.2. The molecule has 1 aromatic carbocycles. The molecule has 0 aliphatic carbocycles. The largest absolute Gasteiger partial charge is 0.306 e. The summed E-state index contributed by atoms with van der Waals surface area (Å²) in [6.45, 7) is 2.19. The Morgan fingerprint density at radius 1 is 1.33 bits per heavy atom. The van der Waals surface area contributed by atoms with Gasteiger partial charge in [0.15, 0.2) is 5.78 Å². The summed E-state index contributed by atoms with van der Waals surface area (Å²) in [4.78, 5) is 20.1. The maximum absolute atomic E-state index is 12.7. The van der Waals surface area contributed by atoms with E-state index in [0.29, 0.717) is 12.3 Å². The van der Waals surface area contributed by atoms with Crippen LogP contribution in [-0.4, -0.2) is 35.8 Å². The van der Waals surface area contributed by atoms with Gasteiger partial charge in [-0.1, -0.05) is 6.07 Å². The standard InChI is InChI=1S/C17H20N2OS/c1-19-9-6-12(7-10-19)11-15(20)13-4-5-16(21)17-14(13)3-2-8-18-17/h2-5,8,12,21H,6-7,9-11H2,1H3. The molecule has 2 heterocycles. The average Bonchev–Trinajstić information content (AvgIpc) is 2.50. The fourth-order valence-electron chi connectivity index (χ4n) is 3.04. The number of carbonyl (C=O) groups excluding carboxylic acids is 1. The Morgan fingerprint density at radius 2 is 2.10 bits per heavy atom. The third-order valence-corrected chi connectivity index (χ3v) is 4.72. The lowest BCUT2D eigenvalue weighted by Gasteiger charge is -2.28. The molecule has 0 atom stereocenters. The molecule has 4 heteroatoms. The molecule has 3 rings (SSSR count). The van der Waals surface area contributed by atoms with E-state index in [0.717, 1.165) is 47.3 Å². The number of Topliss-reactive ketones (excluding diaryl/α,β-unsaturated/α-hetero) is 1. The summed E-state index contributed by atoms with van der Waals surface area (Å²) < 4.78 is 0. The SMILES string of the molecule is CN1CCC(CC(=O)c2ccc(S)c3ncccc23)CC1. The smallest absolute Gasteiger partial charge is 0.163 e. The maximum Gasteiger partial charge on any atom is 0.163 e. The first kappa shape index (κ1) is 14.5. The van der Waals surface area contributed by atoms with Crippen molar-refractivity contribution < 1.29 is 4.79 Å². The van der Waals surface area contributed by atoms with Crippen molar-refractivity contribution in [2.24, 2.45) is 5.92 Å². The molecule has 0 amide bonds. The van der Waals surface area contributed by atoms with Crippen molar-refractivity contribution in [1.29, 1.82) is 0 Å². The fourth-order valence-corrected chi connectivity index (χ4v) is 3.29. The van der Waals surface area contributed by atoms with E-state index in [1.807, 2.05) is 24.3 Å². The zero-order valence-corrected chi connectivity index (χ0v) is 13.1. The number of carbonyl (C=O) groups is 1. The monoisotopic (exact) mass is 300 g/mol. The Labute approximate surface area is 130 Å². The molecular formula is C17H20N2OS. The Bertz CT molecular complexity index is 663. The highest BCUT2D eigenvalue weighted by Gasteiger charge is 2.21. The van der Waals surface area contributed by atoms with Gasteiger partial charge in [0.05, 0.1) is 5.52 Å². The van der Waals surface area contributed by atoms with Crippen LogP contribution in [0.15, 0.2) is 35.4 Å². The Hall–Kier alpha value is -1.39. The number of thiol groups is 1. The Balaban J connectivity index is 1.83. The van der Waals surface area contributed by atoms with Crippen LogP contribution in [0.25, 0.3) is 10.9 Å². The number of pyridine rings is 1. The molecule has 1 aromatic heterocycles. The molecule has 110 valence electrons. The van der Waals surface area contributed by atoms with Gasteiger partial charge in [-0.25, -0.2) is 0 Å². The average molecular weight is 300 g/mol. The summed E-state index contributed by atoms with van der Waals surface area (Å²) in [5.74, 6) is 0.743. The molecule has 1 fully saturated rings. The van der Waals surface area contributed by atoms with Crippen molar-refractivity contribution in [1.82, 2.24) is 9.88 Å². The van der Waals surface area contributed by atoms with E-state index in [1.165, 1.54) is 0 Å². The first-order valence-corrected chi connectivity index (χ1v) is 7.88. The van der Waals surface area contributed by atoms with E-state index in [-0.39, 0.29) is 5.78 Å². The van der Waals surface area contributed by atoms with E-state index in [1.54, 1.807) is 6.20 Å². The van der Waals surface area contributed by atoms with Gasteiger partial charge in [0.1, 0.15) is 0 Å². The number of benzene rings is 1. The molecule has 2 aromatic rings. The van der Waals surface area contributed by atoms with Gasteiger partial charge < -0.3 is 4.90 Å². The van der Waals surface area contributed by atoms with Crippen LogP contribution in [0.4, 0.5) is 0 Å². The number of likely N-dealkylation sites (tertiary alicyclic amines) is 1. The van der Waals surface area contributed by atoms with Crippen molar-refractivity contribution in [2.75, 3.05) is 20.1 Å². The lowest BCUT2D eigenvalue weighted by atomic mass is 9.89. The van der Waals surface area contributed by atoms with Crippen molar-refractivity contribution in [2.45, 2.75) is 24.2 Å². The molecule has 0 saturated carbocycles. The Kier molecular flexibility index (Phi) is 4.27. The van der Waals surface area contributed by atoms with Gasteiger partial charge in [-0.3, -0.25) is 9.78 Å². The second kappa shape index (κ2) is 6.16. The zero-order valence-electron chi connectivity index (χ0n) is 12.2. The van der Waals surface area contributed by atoms with Gasteiger partial charge in [0.25, 0.3) is 0 Å². The Morgan fingerprint density at radius 3 is 2.86 bits per heavy atom. The molecule has 1 aliphatic rings. The summed E-state index contributed by atoms with van der Waals surface area (Å²) in [6.07, 6.45) is 4.61. The van der Waals surface area contributed by atoms with Crippen LogP contribution in [0.3, 0.4) is 0 Å². The highest BCUT2D eigenvalue weighted by atomic mass is 32.1. The number of hydrogen-bond donors (Lipinski definition) is 1. The quantitative estimate of drug-likeness (QED) is 0.696. The molecule has 3 nitrogen and oxygen atoms in total. The van der Waals surface area contributed by atoms with Gasteiger partial charge in [0, 0.05) is 28.5 Å². The van der Waals surface area contributed by atoms with Crippen molar-refractivity contribution in [3.05, 3.63) is 36.0 Å². The van der Waals surface area contributed by atoms with Gasteiger partial charge in [-0.15, -0.1) is 12.6 Å². The maximum atomic E-state index is 12.7. The van der Waals surface area contributed by atoms with Crippen LogP contribution < -0.4 is 0 Å². The van der Waals surface area contributed by atoms with Crippen LogP contribution in [0.1, 0.15) is 29.6 Å². The van der Waals surface area contributed by atoms with Gasteiger partial charge >= 0.3 is 0 Å². The minimum absolute atomic E-state index is 0.232. The van der Waals surface area contributed by atoms with Crippen LogP contribution >= 0.6 is 12.6 Å². The molecule has 0 spiro atoms. The summed E-state index contributed by atoms with van der Waals surface area (Å²) in [6, 6.07) is 7.61. The molecule has 21 heavy (non-hydrogen) atoms. The van der Waals surface area contributed by atoms with Crippen LogP contribution in [0.2, 0.25) is 0 Å². The molecule has 0 radical (unpaired) electrons. The summed E-state index contributed by atoms with van der Waals surface area (Å²) >= 11 is 4.43. The predicted molar refractivity (Wildman–Crippen MR) is 88.2 cm³/mol. The number of hydrogen-bond acceptors (Lipinski definition) is 4. The third kappa shape index (κ3) is 3.11. The van der Waals surface area contributed by atoms with Crippen molar-refractivity contribution in [3.63, 3.8) is 0 Å². The summed E-state index contributed by atoms with van der Waals surface area (Å²) in [5, 5.41) is 0.919. The van der Waals surface area contributed by atoms with Gasteiger partial charge in [0.2, 0.25) is 0 Å². The van der Waals surface area contributed by atoms with Crippen LogP contribution in [0, 0.1) is 5.92 Å². The molecule has 0 N–H and O–H groups in total. The van der Waals surface area contributed by atoms with Crippen molar-refractivity contribution in [3.8, 4) is 0 Å².